The van der Waals surface area contributed by atoms with Crippen molar-refractivity contribution in [2.75, 3.05) is 19.7 Å². The predicted molar refractivity (Wildman–Crippen MR) is 61.3 cm³/mol. The third kappa shape index (κ3) is 2.56. The molecular weight excluding hydrogens is 206 g/mol. The number of morpholine rings is 1. The van der Waals surface area contributed by atoms with Crippen LogP contribution in [0.4, 0.5) is 0 Å². The number of aliphatic hydroxyl groups is 2. The highest BCUT2D eigenvalue weighted by Gasteiger charge is 2.39. The van der Waals surface area contributed by atoms with Crippen LogP contribution >= 0.6 is 0 Å². The third-order valence-corrected chi connectivity index (χ3v) is 3.62. The molecule has 94 valence electrons. The fourth-order valence-corrected chi connectivity index (χ4v) is 3.04. The molecule has 0 bridgehead atoms. The second kappa shape index (κ2) is 4.61. The first-order valence-corrected chi connectivity index (χ1v) is 6.22. The molecule has 1 aliphatic heterocycles. The fraction of sp³-hybridized carbons (Fsp3) is 1.00. The summed E-state index contributed by atoms with van der Waals surface area (Å²) in [7, 11) is 0. The number of nitrogens with zero attached hydrogens (tertiary/aromatic N) is 1. The van der Waals surface area contributed by atoms with Crippen LogP contribution in [0.1, 0.15) is 33.1 Å². The molecule has 0 amide bonds. The average molecular weight is 229 g/mol. The second-order valence-electron chi connectivity index (χ2n) is 5.68. The highest BCUT2D eigenvalue weighted by molar-refractivity contribution is 4.92. The molecule has 0 radical (unpaired) electrons. The Balaban J connectivity index is 2.03. The van der Waals surface area contributed by atoms with E-state index >= 15 is 0 Å². The molecule has 16 heavy (non-hydrogen) atoms. The van der Waals surface area contributed by atoms with Crippen molar-refractivity contribution in [2.45, 2.75) is 57.0 Å². The lowest BCUT2D eigenvalue weighted by atomic mass is 10.0. The van der Waals surface area contributed by atoms with Crippen molar-refractivity contribution < 1.29 is 14.9 Å². The fourth-order valence-electron chi connectivity index (χ4n) is 3.04. The molecule has 0 aromatic heterocycles. The highest BCUT2D eigenvalue weighted by atomic mass is 16.5. The van der Waals surface area contributed by atoms with Crippen LogP contribution in [-0.4, -0.2) is 58.7 Å². The molecule has 2 N–H and O–H groups in total. The van der Waals surface area contributed by atoms with Crippen LogP contribution in [-0.2, 0) is 4.74 Å². The molecule has 2 rings (SSSR count). The van der Waals surface area contributed by atoms with E-state index in [1.54, 1.807) is 0 Å². The Hall–Kier alpha value is -0.160. The molecular formula is C12H23NO3. The minimum Gasteiger partial charge on any atom is -0.394 e. The van der Waals surface area contributed by atoms with Crippen LogP contribution < -0.4 is 0 Å². The van der Waals surface area contributed by atoms with E-state index in [9.17, 15) is 10.2 Å². The standard InChI is InChI=1S/C12H23NO3/c1-12(2)8-13(6-9(7-14)16-12)10-4-3-5-11(10)15/h9-11,14-15H,3-8H2,1-2H3/t9?,10-,11-/m1/s1. The largest absolute Gasteiger partial charge is 0.394 e. The molecule has 1 saturated carbocycles. The Morgan fingerprint density at radius 1 is 1.38 bits per heavy atom. The second-order valence-corrected chi connectivity index (χ2v) is 5.68. The molecule has 2 aliphatic rings. The molecule has 0 aromatic carbocycles. The monoisotopic (exact) mass is 229 g/mol. The topological polar surface area (TPSA) is 52.9 Å². The van der Waals surface area contributed by atoms with Crippen molar-refractivity contribution in [1.29, 1.82) is 0 Å². The Bertz CT molecular complexity index is 244. The minimum absolute atomic E-state index is 0.0583. The van der Waals surface area contributed by atoms with Gasteiger partial charge < -0.3 is 14.9 Å². The van der Waals surface area contributed by atoms with Gasteiger partial charge in [-0.3, -0.25) is 4.90 Å². The molecule has 3 atom stereocenters. The van der Waals surface area contributed by atoms with E-state index in [1.807, 2.05) is 13.8 Å². The van der Waals surface area contributed by atoms with Gasteiger partial charge in [0.05, 0.1) is 24.4 Å². The van der Waals surface area contributed by atoms with Gasteiger partial charge in [0.15, 0.2) is 0 Å². The van der Waals surface area contributed by atoms with Crippen molar-refractivity contribution in [2.24, 2.45) is 0 Å². The minimum atomic E-state index is -0.228. The lowest BCUT2D eigenvalue weighted by Gasteiger charge is -2.45. The predicted octanol–water partition coefficient (Wildman–Crippen LogP) is 0.371. The smallest absolute Gasteiger partial charge is 0.0940 e. The summed E-state index contributed by atoms with van der Waals surface area (Å²) in [4.78, 5) is 2.29. The van der Waals surface area contributed by atoms with Gasteiger partial charge in [-0.2, -0.15) is 0 Å². The van der Waals surface area contributed by atoms with E-state index in [4.69, 9.17) is 4.74 Å². The number of hydrogen-bond donors (Lipinski definition) is 2. The van der Waals surface area contributed by atoms with Crippen molar-refractivity contribution in [3.05, 3.63) is 0 Å². The van der Waals surface area contributed by atoms with Crippen LogP contribution in [0, 0.1) is 0 Å². The highest BCUT2D eigenvalue weighted by Crippen LogP contribution is 2.29. The third-order valence-electron chi connectivity index (χ3n) is 3.62. The van der Waals surface area contributed by atoms with Crippen molar-refractivity contribution in [3.63, 3.8) is 0 Å². The Morgan fingerprint density at radius 3 is 2.69 bits per heavy atom. The van der Waals surface area contributed by atoms with Crippen LogP contribution in [0.25, 0.3) is 0 Å². The van der Waals surface area contributed by atoms with Gasteiger partial charge >= 0.3 is 0 Å². The maximum absolute atomic E-state index is 9.93. The normalized spacial score (nSPS) is 40.1. The van der Waals surface area contributed by atoms with E-state index < -0.39 is 0 Å². The number of ether oxygens (including phenoxy) is 1. The average Bonchev–Trinajstić information content (AvgIpc) is 2.62. The summed E-state index contributed by atoms with van der Waals surface area (Å²) in [6.45, 7) is 5.72. The molecule has 1 unspecified atom stereocenters. The maximum atomic E-state index is 9.93. The zero-order valence-corrected chi connectivity index (χ0v) is 10.2. The summed E-state index contributed by atoms with van der Waals surface area (Å²) >= 11 is 0. The SMILES string of the molecule is CC1(C)CN([C@@H]2CCC[C@H]2O)CC(CO)O1. The first-order valence-electron chi connectivity index (χ1n) is 6.22. The molecule has 0 spiro atoms. The molecule has 1 aliphatic carbocycles. The molecule has 4 heteroatoms. The lowest BCUT2D eigenvalue weighted by Crippen LogP contribution is -2.58. The maximum Gasteiger partial charge on any atom is 0.0940 e. The number of aliphatic hydroxyl groups excluding tert-OH is 2. The quantitative estimate of drug-likeness (QED) is 0.718. The first kappa shape index (κ1) is 12.3. The van der Waals surface area contributed by atoms with E-state index in [1.165, 1.54) is 0 Å². The molecule has 0 aromatic rings. The van der Waals surface area contributed by atoms with Crippen LogP contribution in [0.15, 0.2) is 0 Å². The summed E-state index contributed by atoms with van der Waals surface area (Å²) in [5.41, 5.74) is -0.228. The van der Waals surface area contributed by atoms with Crippen molar-refractivity contribution >= 4 is 0 Å². The Labute approximate surface area is 97.2 Å². The van der Waals surface area contributed by atoms with E-state index in [2.05, 4.69) is 4.90 Å². The van der Waals surface area contributed by atoms with E-state index in [0.717, 1.165) is 32.4 Å². The number of rotatable bonds is 2. The summed E-state index contributed by atoms with van der Waals surface area (Å²) < 4.78 is 5.77. The van der Waals surface area contributed by atoms with Gasteiger partial charge in [0.25, 0.3) is 0 Å². The van der Waals surface area contributed by atoms with Crippen LogP contribution in [0.3, 0.4) is 0 Å². The van der Waals surface area contributed by atoms with Crippen molar-refractivity contribution in [3.8, 4) is 0 Å². The van der Waals surface area contributed by atoms with Gasteiger partial charge in [0, 0.05) is 19.1 Å². The van der Waals surface area contributed by atoms with Crippen molar-refractivity contribution in [1.82, 2.24) is 4.90 Å². The van der Waals surface area contributed by atoms with E-state index in [-0.39, 0.29) is 30.5 Å². The first-order chi connectivity index (χ1) is 7.52. The van der Waals surface area contributed by atoms with Gasteiger partial charge in [-0.15, -0.1) is 0 Å². The summed E-state index contributed by atoms with van der Waals surface area (Å²) in [5.74, 6) is 0. The lowest BCUT2D eigenvalue weighted by molar-refractivity contribution is -0.162. The summed E-state index contributed by atoms with van der Waals surface area (Å²) in [5, 5.41) is 19.2. The van der Waals surface area contributed by atoms with Gasteiger partial charge in [-0.25, -0.2) is 0 Å². The van der Waals surface area contributed by atoms with Crippen LogP contribution in [0.5, 0.6) is 0 Å². The zero-order chi connectivity index (χ0) is 11.8. The Kier molecular flexibility index (Phi) is 3.54. The summed E-state index contributed by atoms with van der Waals surface area (Å²) in [6.07, 6.45) is 2.76. The Morgan fingerprint density at radius 2 is 2.12 bits per heavy atom. The van der Waals surface area contributed by atoms with Gasteiger partial charge in [0.2, 0.25) is 0 Å². The van der Waals surface area contributed by atoms with Gasteiger partial charge in [-0.1, -0.05) is 0 Å². The molecule has 4 nitrogen and oxygen atoms in total. The van der Waals surface area contributed by atoms with Gasteiger partial charge in [0.1, 0.15) is 0 Å². The van der Waals surface area contributed by atoms with Gasteiger partial charge in [-0.05, 0) is 33.1 Å². The molecule has 2 fully saturated rings. The molecule has 1 saturated heterocycles. The molecule has 1 heterocycles. The van der Waals surface area contributed by atoms with E-state index in [0.29, 0.717) is 0 Å². The van der Waals surface area contributed by atoms with Crippen LogP contribution in [0.2, 0.25) is 0 Å². The summed E-state index contributed by atoms with van der Waals surface area (Å²) in [6, 6.07) is 0.261. The number of hydrogen-bond acceptors (Lipinski definition) is 4. The zero-order valence-electron chi connectivity index (χ0n) is 10.2.